The molecule has 0 radical (unpaired) electrons. The molecule has 28 heavy (non-hydrogen) atoms. The van der Waals surface area contributed by atoms with Gasteiger partial charge in [-0.1, -0.05) is 41.6 Å². The van der Waals surface area contributed by atoms with Crippen LogP contribution in [0.3, 0.4) is 0 Å². The quantitative estimate of drug-likeness (QED) is 0.594. The number of ether oxygens (including phenoxy) is 1. The number of rotatable bonds is 7. The van der Waals surface area contributed by atoms with Crippen LogP contribution in [0.4, 0.5) is 0 Å². The number of hydrogen-bond donors (Lipinski definition) is 0. The van der Waals surface area contributed by atoms with Crippen molar-refractivity contribution in [3.05, 3.63) is 65.2 Å². The van der Waals surface area contributed by atoms with E-state index < -0.39 is 0 Å². The highest BCUT2D eigenvalue weighted by atomic mass is 32.1. The van der Waals surface area contributed by atoms with Gasteiger partial charge >= 0.3 is 0 Å². The van der Waals surface area contributed by atoms with Crippen molar-refractivity contribution in [3.63, 3.8) is 0 Å². The molecule has 146 valence electrons. The number of amides is 1. The zero-order chi connectivity index (χ0) is 19.2. The largest absolute Gasteiger partial charge is 0.365 e. The number of carbonyl (C=O) groups excluding carboxylic acids is 1. The Morgan fingerprint density at radius 3 is 2.75 bits per heavy atom. The van der Waals surface area contributed by atoms with Gasteiger partial charge in [-0.25, -0.2) is 0 Å². The van der Waals surface area contributed by atoms with Crippen molar-refractivity contribution in [2.24, 2.45) is 5.92 Å². The lowest BCUT2D eigenvalue weighted by Crippen LogP contribution is -2.40. The van der Waals surface area contributed by atoms with Crippen LogP contribution in [0.5, 0.6) is 0 Å². The molecule has 0 unspecified atom stereocenters. The maximum Gasteiger partial charge on any atom is 0.248 e. The summed E-state index contributed by atoms with van der Waals surface area (Å²) in [6.07, 6.45) is 3.19. The molecule has 0 aliphatic carbocycles. The molecule has 0 bridgehead atoms. The minimum Gasteiger partial charge on any atom is -0.365 e. The van der Waals surface area contributed by atoms with Gasteiger partial charge in [-0.3, -0.25) is 4.79 Å². The minimum atomic E-state index is 0.0557. The smallest absolute Gasteiger partial charge is 0.248 e. The number of thiophene rings is 1. The van der Waals surface area contributed by atoms with Crippen molar-refractivity contribution < 1.29 is 14.1 Å². The van der Waals surface area contributed by atoms with Crippen molar-refractivity contribution in [3.8, 4) is 10.6 Å². The number of nitrogens with zero attached hydrogens (tertiary/aromatic N) is 2. The molecule has 4 rings (SSSR count). The van der Waals surface area contributed by atoms with Crippen molar-refractivity contribution >= 4 is 17.2 Å². The molecule has 2 aromatic heterocycles. The SMILES string of the molecule is O=C(COCc1cc(-c2cccs2)on1)N1CCC(Cc2ccccc2)CC1. The number of hydrogen-bond acceptors (Lipinski definition) is 5. The molecule has 0 N–H and O–H groups in total. The minimum absolute atomic E-state index is 0.0557. The first-order chi connectivity index (χ1) is 13.8. The molecule has 1 aromatic carbocycles. The summed E-state index contributed by atoms with van der Waals surface area (Å²) in [5.41, 5.74) is 2.09. The first-order valence-corrected chi connectivity index (χ1v) is 10.5. The Kier molecular flexibility index (Phi) is 6.19. The van der Waals surface area contributed by atoms with Crippen LogP contribution < -0.4 is 0 Å². The van der Waals surface area contributed by atoms with Gasteiger partial charge in [-0.05, 0) is 42.2 Å². The molecule has 0 spiro atoms. The third-order valence-corrected chi connectivity index (χ3v) is 6.02. The molecule has 1 amide bonds. The molecule has 5 nitrogen and oxygen atoms in total. The Morgan fingerprint density at radius 1 is 1.18 bits per heavy atom. The van der Waals surface area contributed by atoms with E-state index in [-0.39, 0.29) is 19.1 Å². The van der Waals surface area contributed by atoms with Gasteiger partial charge in [0.1, 0.15) is 12.3 Å². The maximum absolute atomic E-state index is 12.4. The van der Waals surface area contributed by atoms with Crippen LogP contribution in [0.25, 0.3) is 10.6 Å². The fraction of sp³-hybridized carbons (Fsp3) is 0.364. The highest BCUT2D eigenvalue weighted by Gasteiger charge is 2.23. The predicted octanol–water partition coefficient (Wildman–Crippen LogP) is 4.40. The molecule has 1 fully saturated rings. The lowest BCUT2D eigenvalue weighted by atomic mass is 9.90. The van der Waals surface area contributed by atoms with Gasteiger partial charge in [0.25, 0.3) is 0 Å². The van der Waals surface area contributed by atoms with Crippen molar-refractivity contribution in [1.29, 1.82) is 0 Å². The number of carbonyl (C=O) groups is 1. The highest BCUT2D eigenvalue weighted by molar-refractivity contribution is 7.13. The molecule has 1 aliphatic rings. The summed E-state index contributed by atoms with van der Waals surface area (Å²) in [6, 6.07) is 16.4. The maximum atomic E-state index is 12.4. The zero-order valence-electron chi connectivity index (χ0n) is 15.8. The molecule has 0 saturated carbocycles. The van der Waals surface area contributed by atoms with E-state index in [1.807, 2.05) is 34.5 Å². The van der Waals surface area contributed by atoms with E-state index in [4.69, 9.17) is 9.26 Å². The predicted molar refractivity (Wildman–Crippen MR) is 109 cm³/mol. The van der Waals surface area contributed by atoms with E-state index in [9.17, 15) is 4.79 Å². The topological polar surface area (TPSA) is 55.6 Å². The van der Waals surface area contributed by atoms with E-state index in [2.05, 4.69) is 29.4 Å². The van der Waals surface area contributed by atoms with Gasteiger partial charge in [-0.2, -0.15) is 0 Å². The Hall–Kier alpha value is -2.44. The Labute approximate surface area is 168 Å². The van der Waals surface area contributed by atoms with Gasteiger partial charge in [0.15, 0.2) is 5.76 Å². The molecular weight excluding hydrogens is 372 g/mol. The van der Waals surface area contributed by atoms with Gasteiger partial charge in [-0.15, -0.1) is 11.3 Å². The molecule has 1 aliphatic heterocycles. The second-order valence-corrected chi connectivity index (χ2v) is 8.11. The second kappa shape index (κ2) is 9.17. The van der Waals surface area contributed by atoms with Crippen molar-refractivity contribution in [2.75, 3.05) is 19.7 Å². The van der Waals surface area contributed by atoms with Crippen LogP contribution in [0.1, 0.15) is 24.1 Å². The third kappa shape index (κ3) is 4.88. The lowest BCUT2D eigenvalue weighted by Gasteiger charge is -2.32. The standard InChI is InChI=1S/C22H24N2O3S/c25-22(16-26-15-19-14-20(27-23-19)21-7-4-12-28-21)24-10-8-18(9-11-24)13-17-5-2-1-3-6-17/h1-7,12,14,18H,8-11,13,15-16H2. The Bertz CT molecular complexity index is 868. The molecule has 0 atom stereocenters. The molecular formula is C22H24N2O3S. The summed E-state index contributed by atoms with van der Waals surface area (Å²) >= 11 is 1.60. The molecule has 3 aromatic rings. The van der Waals surface area contributed by atoms with Crippen LogP contribution in [-0.2, 0) is 22.6 Å². The highest BCUT2D eigenvalue weighted by Crippen LogP contribution is 2.25. The third-order valence-electron chi connectivity index (χ3n) is 5.13. The summed E-state index contributed by atoms with van der Waals surface area (Å²) in [4.78, 5) is 15.4. The van der Waals surface area contributed by atoms with E-state index >= 15 is 0 Å². The van der Waals surface area contributed by atoms with Gasteiger partial charge in [0, 0.05) is 19.2 Å². The summed E-state index contributed by atoms with van der Waals surface area (Å²) in [5, 5.41) is 6.01. The van der Waals surface area contributed by atoms with Crippen LogP contribution >= 0.6 is 11.3 Å². The second-order valence-electron chi connectivity index (χ2n) is 7.17. The first-order valence-electron chi connectivity index (χ1n) is 9.67. The van der Waals surface area contributed by atoms with E-state index in [0.29, 0.717) is 11.6 Å². The number of benzene rings is 1. The summed E-state index contributed by atoms with van der Waals surface area (Å²) in [6.45, 7) is 1.99. The van der Waals surface area contributed by atoms with E-state index in [1.54, 1.807) is 11.3 Å². The average molecular weight is 397 g/mol. The Balaban J connectivity index is 1.18. The van der Waals surface area contributed by atoms with Gasteiger partial charge in [0.05, 0.1) is 11.5 Å². The van der Waals surface area contributed by atoms with Crippen LogP contribution in [0.15, 0.2) is 58.4 Å². The number of likely N-dealkylation sites (tertiary alicyclic amines) is 1. The monoisotopic (exact) mass is 396 g/mol. The fourth-order valence-electron chi connectivity index (χ4n) is 3.58. The fourth-order valence-corrected chi connectivity index (χ4v) is 4.26. The van der Waals surface area contributed by atoms with Crippen molar-refractivity contribution in [2.45, 2.75) is 25.9 Å². The summed E-state index contributed by atoms with van der Waals surface area (Å²) in [7, 11) is 0. The molecule has 6 heteroatoms. The van der Waals surface area contributed by atoms with E-state index in [1.165, 1.54) is 5.56 Å². The first kappa shape index (κ1) is 18.9. The van der Waals surface area contributed by atoms with Crippen LogP contribution in [0, 0.1) is 5.92 Å². The lowest BCUT2D eigenvalue weighted by molar-refractivity contribution is -0.138. The number of piperidine rings is 1. The van der Waals surface area contributed by atoms with Crippen LogP contribution in [-0.4, -0.2) is 35.7 Å². The van der Waals surface area contributed by atoms with Gasteiger partial charge < -0.3 is 14.2 Å². The van der Waals surface area contributed by atoms with Gasteiger partial charge in [0.2, 0.25) is 5.91 Å². The molecule has 1 saturated heterocycles. The summed E-state index contributed by atoms with van der Waals surface area (Å²) in [5.74, 6) is 1.44. The normalized spacial score (nSPS) is 15.1. The zero-order valence-corrected chi connectivity index (χ0v) is 16.6. The average Bonchev–Trinajstić information content (AvgIpc) is 3.41. The summed E-state index contributed by atoms with van der Waals surface area (Å²) < 4.78 is 10.9. The molecule has 3 heterocycles. The van der Waals surface area contributed by atoms with E-state index in [0.717, 1.165) is 43.0 Å². The number of aromatic nitrogens is 1. The Morgan fingerprint density at radius 2 is 2.00 bits per heavy atom. The van der Waals surface area contributed by atoms with Crippen molar-refractivity contribution in [1.82, 2.24) is 10.1 Å². The van der Waals surface area contributed by atoms with Crippen LogP contribution in [0.2, 0.25) is 0 Å².